The molecule has 0 fully saturated rings. The van der Waals surface area contributed by atoms with Crippen LogP contribution in [-0.2, 0) is 14.0 Å². The minimum Gasteiger partial charge on any atom is -0.549 e. The maximum absolute atomic E-state index is 11.0. The van der Waals surface area contributed by atoms with Gasteiger partial charge in [-0.1, -0.05) is 0 Å². The summed E-state index contributed by atoms with van der Waals surface area (Å²) in [6.07, 6.45) is 2.77. The van der Waals surface area contributed by atoms with Gasteiger partial charge in [0.1, 0.15) is 6.23 Å². The molecule has 0 bridgehead atoms. The van der Waals surface area contributed by atoms with E-state index < -0.39 is 23.3 Å². The Bertz CT molecular complexity index is 208. The van der Waals surface area contributed by atoms with Gasteiger partial charge in [0.25, 0.3) is 0 Å². The average molecular weight is 234 g/mol. The van der Waals surface area contributed by atoms with E-state index in [0.717, 1.165) is 0 Å². The monoisotopic (exact) mass is 234 g/mol. The number of ether oxygens (including phenoxy) is 1. The second kappa shape index (κ2) is 5.99. The van der Waals surface area contributed by atoms with Gasteiger partial charge in [0.05, 0.1) is 12.3 Å². The van der Waals surface area contributed by atoms with E-state index in [2.05, 4.69) is 0 Å². The van der Waals surface area contributed by atoms with Crippen LogP contribution in [0.3, 0.4) is 0 Å². The first kappa shape index (κ1) is 13.4. The minimum absolute atomic E-state index is 0.149. The van der Waals surface area contributed by atoms with E-state index in [-0.39, 0.29) is 6.23 Å². The number of hydrogen-bond donors (Lipinski definition) is 1. The Labute approximate surface area is 87.4 Å². The van der Waals surface area contributed by atoms with Crippen LogP contribution in [0.4, 0.5) is 0 Å². The van der Waals surface area contributed by atoms with Crippen LogP contribution in [0.25, 0.3) is 0 Å². The van der Waals surface area contributed by atoms with Crippen LogP contribution in [0, 0.1) is 0 Å². The lowest BCUT2D eigenvalue weighted by Crippen LogP contribution is -2.22. The smallest absolute Gasteiger partial charge is 0.333 e. The Hall–Kier alpha value is -0.596. The van der Waals surface area contributed by atoms with Crippen molar-refractivity contribution in [3.63, 3.8) is 0 Å². The molecule has 82 valence electrons. The summed E-state index contributed by atoms with van der Waals surface area (Å²) in [5.41, 5.74) is 0. The molecule has 0 amide bonds. The lowest BCUT2D eigenvalue weighted by atomic mass is 10.6. The SMILES string of the molecule is C[SiH](O)COC(=O)C=CO[Si](C)(C)C. The van der Waals surface area contributed by atoms with E-state index >= 15 is 0 Å². The zero-order valence-corrected chi connectivity index (χ0v) is 11.3. The van der Waals surface area contributed by atoms with Gasteiger partial charge in [-0.2, -0.15) is 0 Å². The molecule has 0 rings (SSSR count). The molecule has 0 radical (unpaired) electrons. The van der Waals surface area contributed by atoms with Crippen molar-refractivity contribution in [3.8, 4) is 0 Å². The molecular formula is C8H18O4Si2. The zero-order chi connectivity index (χ0) is 11.2. The van der Waals surface area contributed by atoms with Gasteiger partial charge in [0, 0.05) is 0 Å². The van der Waals surface area contributed by atoms with Crippen molar-refractivity contribution in [1.29, 1.82) is 0 Å². The van der Waals surface area contributed by atoms with Crippen molar-refractivity contribution in [3.05, 3.63) is 12.3 Å². The molecule has 0 aliphatic heterocycles. The van der Waals surface area contributed by atoms with E-state index in [1.165, 1.54) is 12.3 Å². The number of esters is 1. The lowest BCUT2D eigenvalue weighted by molar-refractivity contribution is -0.136. The van der Waals surface area contributed by atoms with E-state index in [1.807, 2.05) is 19.6 Å². The third-order valence-electron chi connectivity index (χ3n) is 1.09. The highest BCUT2D eigenvalue weighted by atomic mass is 28.4. The topological polar surface area (TPSA) is 55.8 Å². The first-order valence-electron chi connectivity index (χ1n) is 4.50. The highest BCUT2D eigenvalue weighted by Gasteiger charge is 2.13. The van der Waals surface area contributed by atoms with Crippen molar-refractivity contribution in [2.45, 2.75) is 26.2 Å². The zero-order valence-electron chi connectivity index (χ0n) is 9.11. The Morgan fingerprint density at radius 1 is 1.50 bits per heavy atom. The summed E-state index contributed by atoms with van der Waals surface area (Å²) in [5.74, 6) is -0.461. The number of rotatable bonds is 5. The second-order valence-corrected chi connectivity index (χ2v) is 10.5. The Morgan fingerprint density at radius 3 is 2.50 bits per heavy atom. The van der Waals surface area contributed by atoms with Gasteiger partial charge in [-0.15, -0.1) is 0 Å². The summed E-state index contributed by atoms with van der Waals surface area (Å²) in [6, 6.07) is 0. The van der Waals surface area contributed by atoms with Crippen LogP contribution in [0.15, 0.2) is 12.3 Å². The second-order valence-electron chi connectivity index (χ2n) is 4.01. The van der Waals surface area contributed by atoms with Crippen LogP contribution >= 0.6 is 0 Å². The summed E-state index contributed by atoms with van der Waals surface area (Å²) in [4.78, 5) is 19.9. The quantitative estimate of drug-likeness (QED) is 0.330. The highest BCUT2D eigenvalue weighted by Crippen LogP contribution is 2.02. The molecule has 4 nitrogen and oxygen atoms in total. The van der Waals surface area contributed by atoms with E-state index in [0.29, 0.717) is 0 Å². The standard InChI is InChI=1S/C8H18O4Si2/c1-13(10)7-11-8(9)5-6-12-14(2,3)4/h5-6,10,13H,7H2,1-4H3. The molecule has 1 N–H and O–H groups in total. The van der Waals surface area contributed by atoms with Gasteiger partial charge in [0.2, 0.25) is 17.4 Å². The Balaban J connectivity index is 3.72. The maximum Gasteiger partial charge on any atom is 0.333 e. The summed E-state index contributed by atoms with van der Waals surface area (Å²) < 4.78 is 10.1. The average Bonchev–Trinajstić information content (AvgIpc) is 1.98. The fourth-order valence-corrected chi connectivity index (χ4v) is 1.43. The fraction of sp³-hybridized carbons (Fsp3) is 0.625. The molecule has 6 heteroatoms. The van der Waals surface area contributed by atoms with E-state index in [9.17, 15) is 4.79 Å². The van der Waals surface area contributed by atoms with Crippen LogP contribution in [0.1, 0.15) is 0 Å². The summed E-state index contributed by atoms with van der Waals surface area (Å²) in [7, 11) is -3.41. The van der Waals surface area contributed by atoms with Gasteiger partial charge in [-0.05, 0) is 26.2 Å². The number of hydrogen-bond acceptors (Lipinski definition) is 4. The third kappa shape index (κ3) is 9.49. The van der Waals surface area contributed by atoms with Crippen molar-refractivity contribution < 1.29 is 18.8 Å². The van der Waals surface area contributed by atoms with Gasteiger partial charge >= 0.3 is 5.97 Å². The number of carbonyl (C=O) groups is 1. The Kier molecular flexibility index (Phi) is 5.74. The van der Waals surface area contributed by atoms with Crippen molar-refractivity contribution >= 4 is 23.3 Å². The first-order valence-corrected chi connectivity index (χ1v) is 10.4. The van der Waals surface area contributed by atoms with Gasteiger partial charge in [-0.25, -0.2) is 4.79 Å². The van der Waals surface area contributed by atoms with Crippen LogP contribution in [-0.4, -0.2) is 34.4 Å². The molecule has 0 aromatic rings. The van der Waals surface area contributed by atoms with Crippen molar-refractivity contribution in [2.75, 3.05) is 6.23 Å². The van der Waals surface area contributed by atoms with Crippen LogP contribution in [0.5, 0.6) is 0 Å². The normalized spacial score (nSPS) is 14.1. The van der Waals surface area contributed by atoms with Gasteiger partial charge < -0.3 is 14.0 Å². The predicted molar refractivity (Wildman–Crippen MR) is 59.8 cm³/mol. The van der Waals surface area contributed by atoms with Gasteiger partial charge in [-0.3, -0.25) is 0 Å². The molecule has 0 aliphatic rings. The summed E-state index contributed by atoms with van der Waals surface area (Å²) >= 11 is 0. The molecule has 14 heavy (non-hydrogen) atoms. The van der Waals surface area contributed by atoms with E-state index in [4.69, 9.17) is 14.0 Å². The largest absolute Gasteiger partial charge is 0.549 e. The molecule has 0 aromatic carbocycles. The summed E-state index contributed by atoms with van der Waals surface area (Å²) in [6.45, 7) is 7.75. The van der Waals surface area contributed by atoms with Crippen molar-refractivity contribution in [2.24, 2.45) is 0 Å². The number of carbonyl (C=O) groups excluding carboxylic acids is 1. The van der Waals surface area contributed by atoms with E-state index in [1.54, 1.807) is 6.55 Å². The molecule has 0 saturated carbocycles. The molecule has 0 spiro atoms. The lowest BCUT2D eigenvalue weighted by Gasteiger charge is -2.14. The van der Waals surface area contributed by atoms with Crippen molar-refractivity contribution in [1.82, 2.24) is 0 Å². The molecule has 0 heterocycles. The van der Waals surface area contributed by atoms with Crippen LogP contribution < -0.4 is 0 Å². The first-order chi connectivity index (χ1) is 6.31. The molecule has 0 saturated heterocycles. The summed E-state index contributed by atoms with van der Waals surface area (Å²) in [5, 5.41) is 0. The molecule has 1 unspecified atom stereocenters. The molecular weight excluding hydrogens is 216 g/mol. The molecule has 0 aromatic heterocycles. The predicted octanol–water partition coefficient (Wildman–Crippen LogP) is 0.780. The third-order valence-corrected chi connectivity index (χ3v) is 2.58. The minimum atomic E-state index is -1.80. The fourth-order valence-electron chi connectivity index (χ4n) is 0.545. The molecule has 0 aliphatic carbocycles. The Morgan fingerprint density at radius 2 is 2.07 bits per heavy atom. The van der Waals surface area contributed by atoms with Crippen LogP contribution in [0.2, 0.25) is 26.2 Å². The van der Waals surface area contributed by atoms with Gasteiger partial charge in [0.15, 0.2) is 0 Å². The maximum atomic E-state index is 11.0. The molecule has 1 atom stereocenters. The highest BCUT2D eigenvalue weighted by molar-refractivity contribution is 6.69.